The maximum absolute atomic E-state index is 5.57. The third-order valence-corrected chi connectivity index (χ3v) is 2.06. The van der Waals surface area contributed by atoms with Crippen LogP contribution in [0.5, 0.6) is 6.01 Å². The van der Waals surface area contributed by atoms with Gasteiger partial charge in [-0.25, -0.2) is 9.97 Å². The molecule has 0 amide bonds. The van der Waals surface area contributed by atoms with E-state index in [2.05, 4.69) is 15.3 Å². The first-order chi connectivity index (χ1) is 6.34. The molecule has 1 aromatic heterocycles. The Kier molecular flexibility index (Phi) is 4.10. The summed E-state index contributed by atoms with van der Waals surface area (Å²) in [5, 5.41) is 3.23. The summed E-state index contributed by atoms with van der Waals surface area (Å²) in [5.74, 6) is 0. The van der Waals surface area contributed by atoms with Crippen molar-refractivity contribution < 1.29 is 4.74 Å². The van der Waals surface area contributed by atoms with Crippen molar-refractivity contribution in [3.05, 3.63) is 18.0 Å². The van der Waals surface area contributed by atoms with Crippen molar-refractivity contribution in [2.24, 2.45) is 0 Å². The molecule has 2 heterocycles. The Labute approximate surface area is 89.5 Å². The van der Waals surface area contributed by atoms with Crippen LogP contribution in [0.3, 0.4) is 0 Å². The molecule has 1 saturated heterocycles. The van der Waals surface area contributed by atoms with Gasteiger partial charge in [0.2, 0.25) is 0 Å². The molecule has 0 aromatic carbocycles. The Morgan fingerprint density at radius 3 is 3.07 bits per heavy atom. The third-order valence-electron chi connectivity index (χ3n) is 2.06. The Bertz CT molecular complexity index is 289. The molecule has 0 aliphatic carbocycles. The molecule has 1 aliphatic rings. The smallest absolute Gasteiger partial charge is 0.316 e. The number of aryl methyl sites for hydroxylation is 1. The fourth-order valence-electron chi connectivity index (χ4n) is 1.36. The van der Waals surface area contributed by atoms with E-state index in [1.165, 1.54) is 0 Å². The molecule has 1 aromatic rings. The Balaban J connectivity index is 0.000000980. The minimum absolute atomic E-state index is 0. The molecule has 0 bridgehead atoms. The molecular formula is C9H14ClN3O. The van der Waals surface area contributed by atoms with Gasteiger partial charge in [-0.15, -0.1) is 12.4 Å². The van der Waals surface area contributed by atoms with E-state index >= 15 is 0 Å². The number of nitrogens with one attached hydrogen (secondary N) is 1. The molecule has 0 unspecified atom stereocenters. The second-order valence-corrected chi connectivity index (χ2v) is 3.21. The maximum Gasteiger partial charge on any atom is 0.316 e. The molecule has 4 nitrogen and oxygen atoms in total. The summed E-state index contributed by atoms with van der Waals surface area (Å²) in [6.07, 6.45) is 3.00. The van der Waals surface area contributed by atoms with Gasteiger partial charge in [-0.05, 0) is 26.0 Å². The predicted molar refractivity (Wildman–Crippen MR) is 55.9 cm³/mol. The summed E-state index contributed by atoms with van der Waals surface area (Å²) in [5.41, 5.74) is 0.941. The summed E-state index contributed by atoms with van der Waals surface area (Å²) in [7, 11) is 0. The van der Waals surface area contributed by atoms with Crippen LogP contribution in [0.15, 0.2) is 12.3 Å². The van der Waals surface area contributed by atoms with Crippen molar-refractivity contribution >= 4 is 12.4 Å². The number of ether oxygens (including phenoxy) is 1. The standard InChI is InChI=1S/C9H13N3O.ClH/c1-7-2-5-11-9(12-7)13-8-3-4-10-6-8;/h2,5,8,10H,3-4,6H2,1H3;1H/t8-;/m1./s1. The molecule has 1 atom stereocenters. The average Bonchev–Trinajstić information content (AvgIpc) is 2.57. The molecule has 0 spiro atoms. The van der Waals surface area contributed by atoms with Crippen LogP contribution in [0.2, 0.25) is 0 Å². The summed E-state index contributed by atoms with van der Waals surface area (Å²) < 4.78 is 5.57. The predicted octanol–water partition coefficient (Wildman–Crippen LogP) is 0.948. The van der Waals surface area contributed by atoms with E-state index in [4.69, 9.17) is 4.74 Å². The minimum Gasteiger partial charge on any atom is -0.459 e. The topological polar surface area (TPSA) is 47.0 Å². The summed E-state index contributed by atoms with van der Waals surface area (Å²) >= 11 is 0. The van der Waals surface area contributed by atoms with Gasteiger partial charge in [0.1, 0.15) is 6.10 Å². The Hall–Kier alpha value is -0.870. The lowest BCUT2D eigenvalue weighted by Gasteiger charge is -2.09. The van der Waals surface area contributed by atoms with Crippen molar-refractivity contribution in [1.82, 2.24) is 15.3 Å². The molecule has 14 heavy (non-hydrogen) atoms. The molecule has 0 radical (unpaired) electrons. The second-order valence-electron chi connectivity index (χ2n) is 3.21. The summed E-state index contributed by atoms with van der Waals surface area (Å²) in [6, 6.07) is 2.36. The van der Waals surface area contributed by atoms with Crippen molar-refractivity contribution in [3.63, 3.8) is 0 Å². The highest BCUT2D eigenvalue weighted by atomic mass is 35.5. The number of halogens is 1. The molecule has 2 rings (SSSR count). The average molecular weight is 216 g/mol. The van der Waals surface area contributed by atoms with Gasteiger partial charge in [0.05, 0.1) is 0 Å². The maximum atomic E-state index is 5.57. The second kappa shape index (κ2) is 5.12. The van der Waals surface area contributed by atoms with Crippen LogP contribution in [0.4, 0.5) is 0 Å². The molecule has 0 saturated carbocycles. The highest BCUT2D eigenvalue weighted by molar-refractivity contribution is 5.85. The van der Waals surface area contributed by atoms with Gasteiger partial charge < -0.3 is 10.1 Å². The first-order valence-corrected chi connectivity index (χ1v) is 4.51. The van der Waals surface area contributed by atoms with E-state index < -0.39 is 0 Å². The number of hydrogen-bond acceptors (Lipinski definition) is 4. The van der Waals surface area contributed by atoms with Gasteiger partial charge in [-0.3, -0.25) is 0 Å². The lowest BCUT2D eigenvalue weighted by molar-refractivity contribution is 0.204. The van der Waals surface area contributed by atoms with Crippen LogP contribution >= 0.6 is 12.4 Å². The van der Waals surface area contributed by atoms with E-state index in [-0.39, 0.29) is 18.5 Å². The lowest BCUT2D eigenvalue weighted by atomic mass is 10.3. The van der Waals surface area contributed by atoms with Gasteiger partial charge >= 0.3 is 6.01 Å². The number of hydrogen-bond donors (Lipinski definition) is 1. The van der Waals surface area contributed by atoms with E-state index in [0.717, 1.165) is 25.2 Å². The van der Waals surface area contributed by atoms with Crippen LogP contribution in [0, 0.1) is 6.92 Å². The van der Waals surface area contributed by atoms with Crippen LogP contribution < -0.4 is 10.1 Å². The van der Waals surface area contributed by atoms with Crippen molar-refractivity contribution in [2.75, 3.05) is 13.1 Å². The molecular weight excluding hydrogens is 202 g/mol. The van der Waals surface area contributed by atoms with E-state index in [1.807, 2.05) is 13.0 Å². The molecule has 78 valence electrons. The number of nitrogens with zero attached hydrogens (tertiary/aromatic N) is 2. The van der Waals surface area contributed by atoms with Gasteiger partial charge in [-0.2, -0.15) is 0 Å². The van der Waals surface area contributed by atoms with Crippen LogP contribution in [0.1, 0.15) is 12.1 Å². The Morgan fingerprint density at radius 1 is 1.57 bits per heavy atom. The lowest BCUT2D eigenvalue weighted by Crippen LogP contribution is -2.20. The monoisotopic (exact) mass is 215 g/mol. The summed E-state index contributed by atoms with van der Waals surface area (Å²) in [4.78, 5) is 8.22. The highest BCUT2D eigenvalue weighted by Crippen LogP contribution is 2.08. The highest BCUT2D eigenvalue weighted by Gasteiger charge is 2.16. The van der Waals surface area contributed by atoms with E-state index in [1.54, 1.807) is 6.20 Å². The molecule has 1 N–H and O–H groups in total. The van der Waals surface area contributed by atoms with Gasteiger partial charge in [0.25, 0.3) is 0 Å². The normalized spacial score (nSPS) is 20.2. The fourth-order valence-corrected chi connectivity index (χ4v) is 1.36. The van der Waals surface area contributed by atoms with Gasteiger partial charge in [-0.1, -0.05) is 0 Å². The van der Waals surface area contributed by atoms with Crippen LogP contribution in [-0.4, -0.2) is 29.2 Å². The van der Waals surface area contributed by atoms with Gasteiger partial charge in [0, 0.05) is 18.4 Å². The molecule has 5 heteroatoms. The fraction of sp³-hybridized carbons (Fsp3) is 0.556. The first-order valence-electron chi connectivity index (χ1n) is 4.51. The number of aromatic nitrogens is 2. The van der Waals surface area contributed by atoms with Crippen molar-refractivity contribution in [1.29, 1.82) is 0 Å². The first kappa shape index (κ1) is 11.2. The summed E-state index contributed by atoms with van der Waals surface area (Å²) in [6.45, 7) is 3.86. The zero-order valence-electron chi connectivity index (χ0n) is 8.06. The van der Waals surface area contributed by atoms with E-state index in [0.29, 0.717) is 6.01 Å². The minimum atomic E-state index is 0. The Morgan fingerprint density at radius 2 is 2.43 bits per heavy atom. The zero-order valence-corrected chi connectivity index (χ0v) is 8.88. The van der Waals surface area contributed by atoms with Crippen molar-refractivity contribution in [3.8, 4) is 6.01 Å². The largest absolute Gasteiger partial charge is 0.459 e. The van der Waals surface area contributed by atoms with Crippen LogP contribution in [-0.2, 0) is 0 Å². The number of rotatable bonds is 2. The van der Waals surface area contributed by atoms with Gasteiger partial charge in [0.15, 0.2) is 0 Å². The SMILES string of the molecule is Cc1ccnc(O[C@@H]2CCNC2)n1.Cl. The van der Waals surface area contributed by atoms with Crippen LogP contribution in [0.25, 0.3) is 0 Å². The van der Waals surface area contributed by atoms with E-state index in [9.17, 15) is 0 Å². The quantitative estimate of drug-likeness (QED) is 0.798. The van der Waals surface area contributed by atoms with Crippen molar-refractivity contribution in [2.45, 2.75) is 19.4 Å². The molecule has 1 aliphatic heterocycles. The third kappa shape index (κ3) is 2.82. The zero-order chi connectivity index (χ0) is 9.10. The molecule has 1 fully saturated rings.